The van der Waals surface area contributed by atoms with Crippen molar-refractivity contribution in [1.29, 1.82) is 0 Å². The van der Waals surface area contributed by atoms with E-state index in [4.69, 9.17) is 37.4 Å². The highest BCUT2D eigenvalue weighted by molar-refractivity contribution is 6.42. The lowest BCUT2D eigenvalue weighted by molar-refractivity contribution is -0.145. The largest absolute Gasteiger partial charge is 0.493 e. The molecule has 2 atom stereocenters. The van der Waals surface area contributed by atoms with E-state index < -0.39 is 0 Å². The number of hydrogen-bond donors (Lipinski definition) is 1. The zero-order chi connectivity index (χ0) is 27.2. The van der Waals surface area contributed by atoms with Gasteiger partial charge in [-0.05, 0) is 36.6 Å². The van der Waals surface area contributed by atoms with Gasteiger partial charge in [-0.15, -0.1) is 0 Å². The number of carbonyl (C=O) groups is 1. The van der Waals surface area contributed by atoms with Crippen molar-refractivity contribution in [3.8, 4) is 11.5 Å². The van der Waals surface area contributed by atoms with Gasteiger partial charge >= 0.3 is 0 Å². The Labute approximate surface area is 233 Å². The van der Waals surface area contributed by atoms with Gasteiger partial charge in [0.05, 0.1) is 35.8 Å². The molecule has 10 heteroatoms. The number of nitrogens with one attached hydrogen (secondary N) is 1. The van der Waals surface area contributed by atoms with Crippen LogP contribution in [0.25, 0.3) is 10.9 Å². The minimum absolute atomic E-state index is 0.0339. The summed E-state index contributed by atoms with van der Waals surface area (Å²) in [5, 5.41) is 4.93. The average molecular weight is 562 g/mol. The van der Waals surface area contributed by atoms with Crippen LogP contribution in [0.5, 0.6) is 11.5 Å². The summed E-state index contributed by atoms with van der Waals surface area (Å²) in [5.41, 5.74) is 1.42. The van der Waals surface area contributed by atoms with Gasteiger partial charge in [0, 0.05) is 29.6 Å². The Morgan fingerprint density at radius 1 is 1.18 bits per heavy atom. The van der Waals surface area contributed by atoms with Gasteiger partial charge in [0.15, 0.2) is 11.5 Å². The normalized spacial score (nSPS) is 16.5. The molecule has 1 aliphatic rings. The number of hydrogen-bond acceptors (Lipinski definition) is 7. The highest BCUT2D eigenvalue weighted by Gasteiger charge is 2.31. The number of aromatic nitrogens is 2. The molecule has 0 spiro atoms. The lowest BCUT2D eigenvalue weighted by atomic mass is 9.90. The van der Waals surface area contributed by atoms with E-state index in [0.29, 0.717) is 58.5 Å². The van der Waals surface area contributed by atoms with Gasteiger partial charge in [-0.3, -0.25) is 4.79 Å². The third kappa shape index (κ3) is 6.60. The summed E-state index contributed by atoms with van der Waals surface area (Å²) in [6, 6.07) is 8.92. The number of methoxy groups -OCH3 is 1. The number of carbonyl (C=O) groups excluding carboxylic acids is 1. The number of amides is 1. The SMILES string of the molecule is CCCC(C(=O)N1CCOC(COc2cc3ncnc(Nc4ccc(Cl)c(Cl)c4)c3cc2OC)C1)C(C)C. The monoisotopic (exact) mass is 560 g/mol. The molecule has 204 valence electrons. The molecule has 2 heterocycles. The van der Waals surface area contributed by atoms with E-state index >= 15 is 0 Å². The summed E-state index contributed by atoms with van der Waals surface area (Å²) in [6.45, 7) is 8.22. The molecular weight excluding hydrogens is 527 g/mol. The van der Waals surface area contributed by atoms with Gasteiger partial charge in [-0.2, -0.15) is 0 Å². The van der Waals surface area contributed by atoms with Gasteiger partial charge < -0.3 is 24.4 Å². The predicted molar refractivity (Wildman–Crippen MR) is 151 cm³/mol. The van der Waals surface area contributed by atoms with Crippen molar-refractivity contribution in [1.82, 2.24) is 14.9 Å². The van der Waals surface area contributed by atoms with Crippen molar-refractivity contribution in [2.45, 2.75) is 39.7 Å². The van der Waals surface area contributed by atoms with Gasteiger partial charge in [-0.1, -0.05) is 50.4 Å². The predicted octanol–water partition coefficient (Wildman–Crippen LogP) is 6.37. The van der Waals surface area contributed by atoms with Gasteiger partial charge in [0.25, 0.3) is 0 Å². The lowest BCUT2D eigenvalue weighted by Crippen LogP contribution is -2.50. The van der Waals surface area contributed by atoms with Crippen LogP contribution in [0, 0.1) is 11.8 Å². The zero-order valence-electron chi connectivity index (χ0n) is 22.2. The quantitative estimate of drug-likeness (QED) is 0.308. The average Bonchev–Trinajstić information content (AvgIpc) is 2.92. The van der Waals surface area contributed by atoms with Crippen molar-refractivity contribution >= 4 is 51.5 Å². The molecule has 3 aromatic rings. The van der Waals surface area contributed by atoms with Crippen molar-refractivity contribution < 1.29 is 19.0 Å². The molecule has 1 N–H and O–H groups in total. The standard InChI is InChI=1S/C28H34Cl2N4O4/c1-5-6-20(17(2)3)28(35)34-9-10-37-19(14-34)15-38-26-13-24-21(12-25(26)36-4)27(32-16-31-24)33-18-7-8-22(29)23(30)11-18/h7-8,11-13,16-17,19-20H,5-6,9-10,14-15H2,1-4H3,(H,31,32,33). The van der Waals surface area contributed by atoms with Crippen LogP contribution < -0.4 is 14.8 Å². The molecule has 1 aliphatic heterocycles. The summed E-state index contributed by atoms with van der Waals surface area (Å²) < 4.78 is 17.7. The molecule has 0 bridgehead atoms. The molecule has 38 heavy (non-hydrogen) atoms. The topological polar surface area (TPSA) is 85.8 Å². The fourth-order valence-electron chi connectivity index (χ4n) is 4.64. The Hall–Kier alpha value is -2.81. The van der Waals surface area contributed by atoms with Crippen LogP contribution >= 0.6 is 23.2 Å². The van der Waals surface area contributed by atoms with Crippen molar-refractivity contribution in [2.24, 2.45) is 11.8 Å². The summed E-state index contributed by atoms with van der Waals surface area (Å²) >= 11 is 12.2. The third-order valence-electron chi connectivity index (χ3n) is 6.70. The summed E-state index contributed by atoms with van der Waals surface area (Å²) in [5.74, 6) is 2.21. The Morgan fingerprint density at radius 2 is 2.00 bits per heavy atom. The molecule has 0 radical (unpaired) electrons. The summed E-state index contributed by atoms with van der Waals surface area (Å²) in [6.07, 6.45) is 3.13. The van der Waals surface area contributed by atoms with E-state index in [1.165, 1.54) is 6.33 Å². The molecule has 2 unspecified atom stereocenters. The van der Waals surface area contributed by atoms with Crippen molar-refractivity contribution in [3.63, 3.8) is 0 Å². The number of halogens is 2. The fraction of sp³-hybridized carbons (Fsp3) is 0.464. The van der Waals surface area contributed by atoms with Crippen molar-refractivity contribution in [2.75, 3.05) is 38.7 Å². The summed E-state index contributed by atoms with van der Waals surface area (Å²) in [4.78, 5) is 23.9. The second-order valence-electron chi connectivity index (χ2n) is 9.72. The first-order valence-electron chi connectivity index (χ1n) is 12.9. The van der Waals surface area contributed by atoms with E-state index in [0.717, 1.165) is 23.9 Å². The fourth-order valence-corrected chi connectivity index (χ4v) is 4.94. The maximum atomic E-state index is 13.2. The number of morpholine rings is 1. The van der Waals surface area contributed by atoms with Gasteiger partial charge in [0.2, 0.25) is 5.91 Å². The number of ether oxygens (including phenoxy) is 3. The number of benzene rings is 2. The Balaban J connectivity index is 1.48. The van der Waals surface area contributed by atoms with Crippen molar-refractivity contribution in [3.05, 3.63) is 46.7 Å². The molecule has 1 amide bonds. The second kappa shape index (κ2) is 12.8. The second-order valence-corrected chi connectivity index (χ2v) is 10.5. The maximum absolute atomic E-state index is 13.2. The molecule has 2 aromatic carbocycles. The molecule has 1 fully saturated rings. The Bertz CT molecular complexity index is 1270. The van der Waals surface area contributed by atoms with Crippen LogP contribution in [0.2, 0.25) is 10.0 Å². The molecule has 4 rings (SSSR count). The van der Waals surface area contributed by atoms with Gasteiger partial charge in [-0.25, -0.2) is 9.97 Å². The van der Waals surface area contributed by atoms with E-state index in [9.17, 15) is 4.79 Å². The number of nitrogens with zero attached hydrogens (tertiary/aromatic N) is 3. The van der Waals surface area contributed by atoms with Crippen LogP contribution in [0.3, 0.4) is 0 Å². The molecule has 0 saturated carbocycles. The van der Waals surface area contributed by atoms with Crippen LogP contribution in [0.1, 0.15) is 33.6 Å². The molecule has 1 aromatic heterocycles. The number of rotatable bonds is 10. The molecule has 0 aliphatic carbocycles. The van der Waals surface area contributed by atoms with Crippen LogP contribution in [0.15, 0.2) is 36.7 Å². The van der Waals surface area contributed by atoms with E-state index in [1.807, 2.05) is 23.1 Å². The smallest absolute Gasteiger partial charge is 0.226 e. The zero-order valence-corrected chi connectivity index (χ0v) is 23.7. The molecule has 8 nitrogen and oxygen atoms in total. The highest BCUT2D eigenvalue weighted by atomic mass is 35.5. The minimum Gasteiger partial charge on any atom is -0.493 e. The maximum Gasteiger partial charge on any atom is 0.226 e. The molecule has 1 saturated heterocycles. The molecular formula is C28H34Cl2N4O4. The number of anilines is 2. The minimum atomic E-state index is -0.236. The first-order chi connectivity index (χ1) is 18.3. The summed E-state index contributed by atoms with van der Waals surface area (Å²) in [7, 11) is 1.58. The lowest BCUT2D eigenvalue weighted by Gasteiger charge is -2.36. The first-order valence-corrected chi connectivity index (χ1v) is 13.6. The Kier molecular flexibility index (Phi) is 9.52. The van der Waals surface area contributed by atoms with Crippen LogP contribution in [0.4, 0.5) is 11.5 Å². The number of fused-ring (bicyclic) bond motifs is 1. The van der Waals surface area contributed by atoms with E-state index in [2.05, 4.69) is 36.1 Å². The Morgan fingerprint density at radius 3 is 2.71 bits per heavy atom. The van der Waals surface area contributed by atoms with Crippen LogP contribution in [-0.2, 0) is 9.53 Å². The highest BCUT2D eigenvalue weighted by Crippen LogP contribution is 2.35. The first kappa shape index (κ1) is 28.2. The van der Waals surface area contributed by atoms with Crippen LogP contribution in [-0.4, -0.2) is 60.3 Å². The van der Waals surface area contributed by atoms with Gasteiger partial charge in [0.1, 0.15) is 24.9 Å². The van der Waals surface area contributed by atoms with E-state index in [-0.39, 0.29) is 24.5 Å². The third-order valence-corrected chi connectivity index (χ3v) is 7.44. The van der Waals surface area contributed by atoms with E-state index in [1.54, 1.807) is 19.2 Å².